The van der Waals surface area contributed by atoms with Gasteiger partial charge in [0.25, 0.3) is 0 Å². The van der Waals surface area contributed by atoms with Crippen LogP contribution in [0.1, 0.15) is 18.2 Å². The van der Waals surface area contributed by atoms with Gasteiger partial charge in [0.05, 0.1) is 5.69 Å². The van der Waals surface area contributed by atoms with Crippen LogP contribution in [-0.4, -0.2) is 9.78 Å². The summed E-state index contributed by atoms with van der Waals surface area (Å²) in [5.74, 6) is 0.651. The van der Waals surface area contributed by atoms with Gasteiger partial charge in [0.15, 0.2) is 0 Å². The third-order valence-corrected chi connectivity index (χ3v) is 3.24. The van der Waals surface area contributed by atoms with Crippen LogP contribution in [0.15, 0.2) is 28.7 Å². The Hall–Kier alpha value is -1.49. The van der Waals surface area contributed by atoms with Crippen molar-refractivity contribution in [1.29, 1.82) is 0 Å². The maximum absolute atomic E-state index is 5.95. The molecule has 5 heteroatoms. The number of benzene rings is 1. The second-order valence-electron chi connectivity index (χ2n) is 4.04. The van der Waals surface area contributed by atoms with E-state index in [2.05, 4.69) is 21.0 Å². The largest absolute Gasteiger partial charge is 0.471 e. The van der Waals surface area contributed by atoms with E-state index in [0.29, 0.717) is 18.2 Å². The Kier molecular flexibility index (Phi) is 3.91. The number of aryl methyl sites for hydroxylation is 2. The molecule has 2 rings (SSSR count). The van der Waals surface area contributed by atoms with Crippen molar-refractivity contribution >= 4 is 21.6 Å². The third kappa shape index (κ3) is 2.67. The van der Waals surface area contributed by atoms with Crippen molar-refractivity contribution in [2.24, 2.45) is 0 Å². The van der Waals surface area contributed by atoms with Gasteiger partial charge >= 0.3 is 0 Å². The van der Waals surface area contributed by atoms with E-state index in [1.807, 2.05) is 38.1 Å². The van der Waals surface area contributed by atoms with E-state index < -0.39 is 0 Å². The van der Waals surface area contributed by atoms with Crippen molar-refractivity contribution in [3.63, 3.8) is 0 Å². The molecule has 0 aliphatic heterocycles. The van der Waals surface area contributed by atoms with Crippen LogP contribution < -0.4 is 10.5 Å². The fourth-order valence-electron chi connectivity index (χ4n) is 1.67. The number of rotatable bonds is 4. The molecule has 1 aromatic carbocycles. The number of halogens is 1. The van der Waals surface area contributed by atoms with Crippen LogP contribution in [0.3, 0.4) is 0 Å². The highest BCUT2D eigenvalue weighted by molar-refractivity contribution is 9.10. The van der Waals surface area contributed by atoms with E-state index in [1.54, 1.807) is 4.68 Å². The second-order valence-corrected chi connectivity index (χ2v) is 4.95. The molecular formula is C13H16BrN3O. The summed E-state index contributed by atoms with van der Waals surface area (Å²) in [7, 11) is 0. The summed E-state index contributed by atoms with van der Waals surface area (Å²) in [4.78, 5) is 0. The van der Waals surface area contributed by atoms with Crippen LogP contribution in [0.25, 0.3) is 0 Å². The minimum absolute atomic E-state index is 0.489. The highest BCUT2D eigenvalue weighted by Gasteiger charge is 2.12. The van der Waals surface area contributed by atoms with Gasteiger partial charge in [-0.05, 0) is 31.5 Å². The van der Waals surface area contributed by atoms with Crippen molar-refractivity contribution in [3.8, 4) is 5.88 Å². The standard InChI is InChI=1S/C13H16BrN3O/c1-3-17-13(12(15)9(2)16-17)18-8-10-4-6-11(14)7-5-10/h4-7H,3,8,15H2,1-2H3. The molecule has 96 valence electrons. The lowest BCUT2D eigenvalue weighted by atomic mass is 10.2. The number of anilines is 1. The van der Waals surface area contributed by atoms with E-state index in [-0.39, 0.29) is 0 Å². The van der Waals surface area contributed by atoms with Crippen molar-refractivity contribution in [2.45, 2.75) is 27.0 Å². The Labute approximate surface area is 115 Å². The first-order valence-electron chi connectivity index (χ1n) is 5.82. The number of ether oxygens (including phenoxy) is 1. The van der Waals surface area contributed by atoms with Gasteiger partial charge in [0.2, 0.25) is 5.88 Å². The quantitative estimate of drug-likeness (QED) is 0.944. The summed E-state index contributed by atoms with van der Waals surface area (Å²) < 4.78 is 8.60. The Morgan fingerprint density at radius 2 is 2.00 bits per heavy atom. The normalized spacial score (nSPS) is 10.6. The van der Waals surface area contributed by atoms with Gasteiger partial charge < -0.3 is 10.5 Å². The summed E-state index contributed by atoms with van der Waals surface area (Å²) >= 11 is 3.40. The molecule has 0 radical (unpaired) electrons. The van der Waals surface area contributed by atoms with E-state index in [9.17, 15) is 0 Å². The maximum Gasteiger partial charge on any atom is 0.236 e. The lowest BCUT2D eigenvalue weighted by Crippen LogP contribution is -2.04. The molecule has 0 saturated heterocycles. The molecule has 0 atom stereocenters. The van der Waals surface area contributed by atoms with Crippen molar-refractivity contribution in [2.75, 3.05) is 5.73 Å². The van der Waals surface area contributed by atoms with Crippen molar-refractivity contribution < 1.29 is 4.74 Å². The van der Waals surface area contributed by atoms with Gasteiger partial charge in [-0.1, -0.05) is 28.1 Å². The minimum Gasteiger partial charge on any atom is -0.471 e. The van der Waals surface area contributed by atoms with Gasteiger partial charge in [-0.3, -0.25) is 0 Å². The molecule has 2 aromatic rings. The van der Waals surface area contributed by atoms with E-state index in [1.165, 1.54) is 0 Å². The monoisotopic (exact) mass is 309 g/mol. The van der Waals surface area contributed by atoms with Crippen LogP contribution in [0, 0.1) is 6.92 Å². The van der Waals surface area contributed by atoms with Gasteiger partial charge in [-0.2, -0.15) is 5.10 Å². The van der Waals surface area contributed by atoms with Gasteiger partial charge in [-0.15, -0.1) is 0 Å². The van der Waals surface area contributed by atoms with E-state index in [4.69, 9.17) is 10.5 Å². The summed E-state index contributed by atoms with van der Waals surface area (Å²) in [6.07, 6.45) is 0. The number of nitrogen functional groups attached to an aromatic ring is 1. The SMILES string of the molecule is CCn1nc(C)c(N)c1OCc1ccc(Br)cc1. The van der Waals surface area contributed by atoms with Crippen molar-refractivity contribution in [3.05, 3.63) is 40.0 Å². The van der Waals surface area contributed by atoms with Gasteiger partial charge in [-0.25, -0.2) is 4.68 Å². The molecule has 18 heavy (non-hydrogen) atoms. The first kappa shape index (κ1) is 13.0. The van der Waals surface area contributed by atoms with E-state index >= 15 is 0 Å². The summed E-state index contributed by atoms with van der Waals surface area (Å²) in [5.41, 5.74) is 8.48. The fraction of sp³-hybridized carbons (Fsp3) is 0.308. The molecule has 4 nitrogen and oxygen atoms in total. The molecule has 0 aliphatic carbocycles. The molecule has 0 amide bonds. The van der Waals surface area contributed by atoms with Crippen molar-refractivity contribution in [1.82, 2.24) is 9.78 Å². The molecular weight excluding hydrogens is 294 g/mol. The number of hydrogen-bond donors (Lipinski definition) is 1. The maximum atomic E-state index is 5.95. The summed E-state index contributed by atoms with van der Waals surface area (Å²) in [5, 5.41) is 4.31. The van der Waals surface area contributed by atoms with Gasteiger partial charge in [0, 0.05) is 11.0 Å². The molecule has 0 unspecified atom stereocenters. The Morgan fingerprint density at radius 3 is 2.61 bits per heavy atom. The average molecular weight is 310 g/mol. The van der Waals surface area contributed by atoms with Crippen LogP contribution in [0.5, 0.6) is 5.88 Å². The molecule has 2 N–H and O–H groups in total. The van der Waals surface area contributed by atoms with Crippen LogP contribution in [0.4, 0.5) is 5.69 Å². The van der Waals surface area contributed by atoms with Crippen LogP contribution >= 0.6 is 15.9 Å². The topological polar surface area (TPSA) is 53.1 Å². The number of hydrogen-bond acceptors (Lipinski definition) is 3. The second kappa shape index (κ2) is 5.44. The Balaban J connectivity index is 2.12. The Morgan fingerprint density at radius 1 is 1.33 bits per heavy atom. The average Bonchev–Trinajstić information content (AvgIpc) is 2.65. The molecule has 1 heterocycles. The Bertz CT molecular complexity index is 534. The molecule has 0 bridgehead atoms. The molecule has 1 aromatic heterocycles. The zero-order valence-electron chi connectivity index (χ0n) is 10.5. The predicted molar refractivity (Wildman–Crippen MR) is 75.5 cm³/mol. The smallest absolute Gasteiger partial charge is 0.236 e. The summed E-state index contributed by atoms with van der Waals surface area (Å²) in [6, 6.07) is 8.01. The zero-order chi connectivity index (χ0) is 13.1. The summed E-state index contributed by atoms with van der Waals surface area (Å²) in [6.45, 7) is 5.13. The third-order valence-electron chi connectivity index (χ3n) is 2.71. The number of aromatic nitrogens is 2. The lowest BCUT2D eigenvalue weighted by Gasteiger charge is -2.08. The first-order chi connectivity index (χ1) is 8.61. The number of nitrogens with zero attached hydrogens (tertiary/aromatic N) is 2. The van der Waals surface area contributed by atoms with Crippen LogP contribution in [0.2, 0.25) is 0 Å². The number of nitrogens with two attached hydrogens (primary N) is 1. The first-order valence-corrected chi connectivity index (χ1v) is 6.61. The van der Waals surface area contributed by atoms with E-state index in [0.717, 1.165) is 22.3 Å². The zero-order valence-corrected chi connectivity index (χ0v) is 12.1. The van der Waals surface area contributed by atoms with Gasteiger partial charge in [0.1, 0.15) is 12.3 Å². The molecule has 0 fully saturated rings. The molecule has 0 spiro atoms. The molecule has 0 aliphatic rings. The predicted octanol–water partition coefficient (Wildman–Crippen LogP) is 3.14. The fourth-order valence-corrected chi connectivity index (χ4v) is 1.94. The highest BCUT2D eigenvalue weighted by atomic mass is 79.9. The highest BCUT2D eigenvalue weighted by Crippen LogP contribution is 2.25. The molecule has 0 saturated carbocycles. The lowest BCUT2D eigenvalue weighted by molar-refractivity contribution is 0.275. The minimum atomic E-state index is 0.489. The van der Waals surface area contributed by atoms with Crippen LogP contribution in [-0.2, 0) is 13.2 Å².